The van der Waals surface area contributed by atoms with Crippen LogP contribution in [-0.2, 0) is 5.60 Å². The number of aliphatic hydroxyl groups is 1. The molecular weight excluding hydrogens is 188 g/mol. The van der Waals surface area contributed by atoms with Crippen LogP contribution in [0.1, 0.15) is 25.3 Å². The van der Waals surface area contributed by atoms with Gasteiger partial charge in [0.05, 0.1) is 12.7 Å². The van der Waals surface area contributed by atoms with Crippen molar-refractivity contribution < 1.29 is 9.84 Å². The van der Waals surface area contributed by atoms with Crippen molar-refractivity contribution in [3.63, 3.8) is 0 Å². The molecule has 2 heteroatoms. The van der Waals surface area contributed by atoms with Gasteiger partial charge >= 0.3 is 0 Å². The fourth-order valence-corrected chi connectivity index (χ4v) is 1.48. The molecule has 1 N–H and O–H groups in total. The third kappa shape index (κ3) is 3.10. The van der Waals surface area contributed by atoms with E-state index in [1.165, 1.54) is 0 Å². The highest BCUT2D eigenvalue weighted by Gasteiger charge is 2.21. The summed E-state index contributed by atoms with van der Waals surface area (Å²) in [5.41, 5.74) is 0.116. The molecule has 0 radical (unpaired) electrons. The number of benzene rings is 1. The van der Waals surface area contributed by atoms with E-state index in [4.69, 9.17) is 4.74 Å². The Balaban J connectivity index is 2.79. The van der Waals surface area contributed by atoms with Gasteiger partial charge in [0, 0.05) is 0 Å². The molecule has 0 fully saturated rings. The molecule has 1 aromatic carbocycles. The van der Waals surface area contributed by atoms with Gasteiger partial charge < -0.3 is 9.84 Å². The van der Waals surface area contributed by atoms with Gasteiger partial charge in [0.2, 0.25) is 0 Å². The topological polar surface area (TPSA) is 29.5 Å². The zero-order chi connectivity index (χ0) is 11.3. The van der Waals surface area contributed by atoms with Crippen molar-refractivity contribution >= 4 is 0 Å². The van der Waals surface area contributed by atoms with Gasteiger partial charge in [-0.3, -0.25) is 0 Å². The van der Waals surface area contributed by atoms with Crippen LogP contribution in [0.4, 0.5) is 0 Å². The lowest BCUT2D eigenvalue weighted by atomic mass is 9.91. The molecule has 0 aliphatic rings. The molecule has 82 valence electrons. The monoisotopic (exact) mass is 206 g/mol. The molecule has 0 heterocycles. The second-order valence-corrected chi connectivity index (χ2v) is 3.83. The number of allylic oxidation sites excluding steroid dienone is 1. The Kier molecular flexibility index (Phi) is 3.92. The van der Waals surface area contributed by atoms with E-state index in [2.05, 4.69) is 6.58 Å². The summed E-state index contributed by atoms with van der Waals surface area (Å²) in [5, 5.41) is 10.2. The first-order valence-corrected chi connectivity index (χ1v) is 5.08. The molecule has 0 aliphatic carbocycles. The lowest BCUT2D eigenvalue weighted by Crippen LogP contribution is -2.20. The summed E-state index contributed by atoms with van der Waals surface area (Å²) in [5.74, 6) is 0.804. The zero-order valence-corrected chi connectivity index (χ0v) is 9.36. The predicted octanol–water partition coefficient (Wildman–Crippen LogP) is 2.87. The Labute approximate surface area is 91.2 Å². The Morgan fingerprint density at radius 3 is 2.47 bits per heavy atom. The highest BCUT2D eigenvalue weighted by molar-refractivity contribution is 5.30. The first-order valence-electron chi connectivity index (χ1n) is 5.08. The second-order valence-electron chi connectivity index (χ2n) is 3.83. The van der Waals surface area contributed by atoms with Crippen molar-refractivity contribution in [1.29, 1.82) is 0 Å². The van der Waals surface area contributed by atoms with Gasteiger partial charge in [0.1, 0.15) is 5.75 Å². The van der Waals surface area contributed by atoms with Crippen molar-refractivity contribution in [2.45, 2.75) is 25.4 Å². The first-order chi connectivity index (χ1) is 7.10. The SMILES string of the molecule is C=CCCC(C)(O)c1ccc(OC)cc1. The average molecular weight is 206 g/mol. The summed E-state index contributed by atoms with van der Waals surface area (Å²) in [6.07, 6.45) is 3.31. The molecule has 0 bridgehead atoms. The van der Waals surface area contributed by atoms with Gasteiger partial charge in [-0.15, -0.1) is 6.58 Å². The van der Waals surface area contributed by atoms with E-state index in [9.17, 15) is 5.11 Å². The van der Waals surface area contributed by atoms with E-state index < -0.39 is 5.60 Å². The second kappa shape index (κ2) is 4.99. The van der Waals surface area contributed by atoms with E-state index in [1.54, 1.807) is 7.11 Å². The molecule has 0 amide bonds. The third-order valence-corrected chi connectivity index (χ3v) is 2.55. The van der Waals surface area contributed by atoms with E-state index in [1.807, 2.05) is 37.3 Å². The number of ether oxygens (including phenoxy) is 1. The molecule has 0 spiro atoms. The van der Waals surface area contributed by atoms with Crippen molar-refractivity contribution in [2.75, 3.05) is 7.11 Å². The van der Waals surface area contributed by atoms with Crippen LogP contribution < -0.4 is 4.74 Å². The lowest BCUT2D eigenvalue weighted by molar-refractivity contribution is 0.0488. The van der Waals surface area contributed by atoms with Crippen LogP contribution in [0.2, 0.25) is 0 Å². The van der Waals surface area contributed by atoms with E-state index in [0.29, 0.717) is 6.42 Å². The van der Waals surface area contributed by atoms with Gasteiger partial charge in [0.15, 0.2) is 0 Å². The van der Waals surface area contributed by atoms with Crippen molar-refractivity contribution in [3.05, 3.63) is 42.5 Å². The minimum atomic E-state index is -0.791. The summed E-state index contributed by atoms with van der Waals surface area (Å²) < 4.78 is 5.07. The Bertz CT molecular complexity index is 312. The van der Waals surface area contributed by atoms with Gasteiger partial charge in [-0.05, 0) is 37.5 Å². The van der Waals surface area contributed by atoms with E-state index in [-0.39, 0.29) is 0 Å². The summed E-state index contributed by atoms with van der Waals surface area (Å²) in [4.78, 5) is 0. The van der Waals surface area contributed by atoms with Crippen LogP contribution in [0.25, 0.3) is 0 Å². The fraction of sp³-hybridized carbons (Fsp3) is 0.385. The molecule has 0 aliphatic heterocycles. The fourth-order valence-electron chi connectivity index (χ4n) is 1.48. The van der Waals surface area contributed by atoms with Crippen LogP contribution in [0.15, 0.2) is 36.9 Å². The molecule has 1 unspecified atom stereocenters. The van der Waals surface area contributed by atoms with E-state index in [0.717, 1.165) is 17.7 Å². The van der Waals surface area contributed by atoms with Crippen LogP contribution in [0.5, 0.6) is 5.75 Å². The first kappa shape index (κ1) is 11.8. The maximum absolute atomic E-state index is 10.2. The summed E-state index contributed by atoms with van der Waals surface area (Å²) in [7, 11) is 1.63. The molecule has 0 aromatic heterocycles. The number of hydrogen-bond acceptors (Lipinski definition) is 2. The Morgan fingerprint density at radius 1 is 1.40 bits per heavy atom. The normalized spacial score (nSPS) is 14.3. The molecule has 1 rings (SSSR count). The van der Waals surface area contributed by atoms with Crippen LogP contribution in [0.3, 0.4) is 0 Å². The molecular formula is C13H18O2. The van der Waals surface area contributed by atoms with Crippen molar-refractivity contribution in [3.8, 4) is 5.75 Å². The zero-order valence-electron chi connectivity index (χ0n) is 9.36. The number of rotatable bonds is 5. The maximum Gasteiger partial charge on any atom is 0.118 e. The average Bonchev–Trinajstić information content (AvgIpc) is 2.26. The van der Waals surface area contributed by atoms with Crippen LogP contribution in [-0.4, -0.2) is 12.2 Å². The van der Waals surface area contributed by atoms with Crippen molar-refractivity contribution in [2.24, 2.45) is 0 Å². The molecule has 15 heavy (non-hydrogen) atoms. The minimum Gasteiger partial charge on any atom is -0.497 e. The Hall–Kier alpha value is -1.28. The van der Waals surface area contributed by atoms with Crippen LogP contribution >= 0.6 is 0 Å². The predicted molar refractivity (Wildman–Crippen MR) is 62.0 cm³/mol. The number of methoxy groups -OCH3 is 1. The van der Waals surface area contributed by atoms with Crippen LogP contribution in [0, 0.1) is 0 Å². The molecule has 2 nitrogen and oxygen atoms in total. The van der Waals surface area contributed by atoms with E-state index >= 15 is 0 Å². The van der Waals surface area contributed by atoms with Gasteiger partial charge in [-0.1, -0.05) is 18.2 Å². The van der Waals surface area contributed by atoms with Gasteiger partial charge in [-0.25, -0.2) is 0 Å². The third-order valence-electron chi connectivity index (χ3n) is 2.55. The molecule has 1 aromatic rings. The highest BCUT2D eigenvalue weighted by atomic mass is 16.5. The summed E-state index contributed by atoms with van der Waals surface area (Å²) >= 11 is 0. The molecule has 0 saturated heterocycles. The molecule has 0 saturated carbocycles. The maximum atomic E-state index is 10.2. The van der Waals surface area contributed by atoms with Crippen molar-refractivity contribution in [1.82, 2.24) is 0 Å². The Morgan fingerprint density at radius 2 is 2.00 bits per heavy atom. The summed E-state index contributed by atoms with van der Waals surface area (Å²) in [6, 6.07) is 7.50. The minimum absolute atomic E-state index is 0.683. The molecule has 1 atom stereocenters. The smallest absolute Gasteiger partial charge is 0.118 e. The largest absolute Gasteiger partial charge is 0.497 e. The summed E-state index contributed by atoms with van der Waals surface area (Å²) in [6.45, 7) is 5.47. The van der Waals surface area contributed by atoms with Gasteiger partial charge in [-0.2, -0.15) is 0 Å². The quantitative estimate of drug-likeness (QED) is 0.751. The number of hydrogen-bond donors (Lipinski definition) is 1. The standard InChI is InChI=1S/C13H18O2/c1-4-5-10-13(2,14)11-6-8-12(15-3)9-7-11/h4,6-9,14H,1,5,10H2,2-3H3. The lowest BCUT2D eigenvalue weighted by Gasteiger charge is -2.23. The highest BCUT2D eigenvalue weighted by Crippen LogP contribution is 2.27. The van der Waals surface area contributed by atoms with Gasteiger partial charge in [0.25, 0.3) is 0 Å².